The SMILES string of the molecule is CC1(C)c2ccccc2N(c2cc(-c3ccc(C#N)cc3)cc(-n3c4ccccc4c4cnccc43)c2)c2ccccc21. The maximum atomic E-state index is 9.45. The van der Waals surface area contributed by atoms with Crippen molar-refractivity contribution >= 4 is 38.9 Å². The van der Waals surface area contributed by atoms with Gasteiger partial charge < -0.3 is 9.47 Å². The fraction of sp³-hybridized carbons (Fsp3) is 0.0769. The summed E-state index contributed by atoms with van der Waals surface area (Å²) in [6.45, 7) is 4.62. The van der Waals surface area contributed by atoms with Gasteiger partial charge in [0.05, 0.1) is 34.0 Å². The summed E-state index contributed by atoms with van der Waals surface area (Å²) in [6, 6.07) is 45.0. The fourth-order valence-corrected chi connectivity index (χ4v) is 6.80. The van der Waals surface area contributed by atoms with Crippen LogP contribution in [0.2, 0.25) is 0 Å². The van der Waals surface area contributed by atoms with Gasteiger partial charge in [-0.3, -0.25) is 4.98 Å². The van der Waals surface area contributed by atoms with Crippen molar-refractivity contribution in [3.63, 3.8) is 0 Å². The number of pyridine rings is 1. The van der Waals surface area contributed by atoms with Gasteiger partial charge in [0.1, 0.15) is 0 Å². The molecule has 0 bridgehead atoms. The molecule has 2 aromatic heterocycles. The highest BCUT2D eigenvalue weighted by atomic mass is 15.2. The third-order valence-electron chi connectivity index (χ3n) is 8.88. The van der Waals surface area contributed by atoms with Gasteiger partial charge in [0.25, 0.3) is 0 Å². The van der Waals surface area contributed by atoms with E-state index in [1.165, 1.54) is 27.9 Å². The summed E-state index contributed by atoms with van der Waals surface area (Å²) < 4.78 is 2.34. The van der Waals surface area contributed by atoms with Crippen molar-refractivity contribution in [1.82, 2.24) is 9.55 Å². The summed E-state index contributed by atoms with van der Waals surface area (Å²) in [5.74, 6) is 0. The number of hydrogen-bond acceptors (Lipinski definition) is 3. The minimum absolute atomic E-state index is 0.142. The molecular formula is C39H28N4. The smallest absolute Gasteiger partial charge is 0.0991 e. The normalized spacial score (nSPS) is 13.5. The quantitative estimate of drug-likeness (QED) is 0.219. The lowest BCUT2D eigenvalue weighted by atomic mass is 9.73. The molecule has 204 valence electrons. The molecule has 0 N–H and O–H groups in total. The summed E-state index contributed by atoms with van der Waals surface area (Å²) in [5.41, 5.74) is 12.0. The van der Waals surface area contributed by atoms with E-state index < -0.39 is 0 Å². The van der Waals surface area contributed by atoms with Crippen molar-refractivity contribution in [3.8, 4) is 22.9 Å². The lowest BCUT2D eigenvalue weighted by Crippen LogP contribution is -2.30. The topological polar surface area (TPSA) is 44.9 Å². The Morgan fingerprint density at radius 1 is 0.628 bits per heavy atom. The van der Waals surface area contributed by atoms with Gasteiger partial charge in [0.15, 0.2) is 0 Å². The van der Waals surface area contributed by atoms with Gasteiger partial charge in [-0.25, -0.2) is 0 Å². The molecule has 0 saturated heterocycles. The van der Waals surface area contributed by atoms with E-state index in [0.29, 0.717) is 5.56 Å². The molecule has 0 atom stereocenters. The molecule has 0 amide bonds. The van der Waals surface area contributed by atoms with E-state index in [9.17, 15) is 5.26 Å². The van der Waals surface area contributed by atoms with Gasteiger partial charge in [-0.15, -0.1) is 0 Å². The Hall–Kier alpha value is -5.66. The molecule has 0 spiro atoms. The van der Waals surface area contributed by atoms with Gasteiger partial charge in [-0.1, -0.05) is 80.6 Å². The number of nitriles is 1. The number of nitrogens with zero attached hydrogens (tertiary/aromatic N) is 4. The number of anilines is 3. The molecule has 4 heteroatoms. The molecule has 4 nitrogen and oxygen atoms in total. The van der Waals surface area contributed by atoms with E-state index in [-0.39, 0.29) is 5.41 Å². The van der Waals surface area contributed by atoms with Crippen molar-refractivity contribution in [2.45, 2.75) is 19.3 Å². The van der Waals surface area contributed by atoms with Crippen LogP contribution >= 0.6 is 0 Å². The van der Waals surface area contributed by atoms with E-state index in [4.69, 9.17) is 0 Å². The number of fused-ring (bicyclic) bond motifs is 5. The molecule has 5 aromatic carbocycles. The van der Waals surface area contributed by atoms with E-state index in [1.54, 1.807) is 0 Å². The standard InChI is InChI=1S/C39H28N4/c1-39(2)33-10-4-7-13-37(33)43(38-14-8-5-11-34(38)39)30-22-28(27-17-15-26(24-40)16-18-27)21-29(23-30)42-35-12-6-3-9-31(35)32-25-41-20-19-36(32)42/h3-23,25H,1-2H3. The van der Waals surface area contributed by atoms with Gasteiger partial charge in [-0.05, 0) is 76.9 Å². The highest BCUT2D eigenvalue weighted by Crippen LogP contribution is 2.52. The van der Waals surface area contributed by atoms with Gasteiger partial charge in [-0.2, -0.15) is 5.26 Å². The molecule has 7 aromatic rings. The fourth-order valence-electron chi connectivity index (χ4n) is 6.80. The summed E-state index contributed by atoms with van der Waals surface area (Å²) >= 11 is 0. The van der Waals surface area contributed by atoms with E-state index in [2.05, 4.69) is 131 Å². The minimum atomic E-state index is -0.142. The number of hydrogen-bond donors (Lipinski definition) is 0. The van der Waals surface area contributed by atoms with Crippen LogP contribution in [-0.2, 0) is 5.41 Å². The zero-order valence-corrected chi connectivity index (χ0v) is 24.0. The summed E-state index contributed by atoms with van der Waals surface area (Å²) in [5, 5.41) is 11.7. The van der Waals surface area contributed by atoms with Crippen LogP contribution in [0.4, 0.5) is 17.1 Å². The number of para-hydroxylation sites is 3. The van der Waals surface area contributed by atoms with Crippen LogP contribution in [0.5, 0.6) is 0 Å². The molecule has 1 aliphatic rings. The Morgan fingerprint density at radius 3 is 1.98 bits per heavy atom. The summed E-state index contributed by atoms with van der Waals surface area (Å²) in [6.07, 6.45) is 3.82. The molecule has 0 saturated carbocycles. The summed E-state index contributed by atoms with van der Waals surface area (Å²) in [7, 11) is 0. The Labute approximate surface area is 250 Å². The molecule has 8 rings (SSSR count). The number of benzene rings is 5. The van der Waals surface area contributed by atoms with Gasteiger partial charge in [0, 0.05) is 40.0 Å². The third kappa shape index (κ3) is 3.79. The van der Waals surface area contributed by atoms with E-state index >= 15 is 0 Å². The third-order valence-corrected chi connectivity index (χ3v) is 8.88. The molecule has 0 fully saturated rings. The lowest BCUT2D eigenvalue weighted by molar-refractivity contribution is 0.632. The Kier molecular flexibility index (Phi) is 5.51. The monoisotopic (exact) mass is 552 g/mol. The lowest BCUT2D eigenvalue weighted by Gasteiger charge is -2.42. The predicted octanol–water partition coefficient (Wildman–Crippen LogP) is 9.83. The first-order valence-corrected chi connectivity index (χ1v) is 14.5. The zero-order chi connectivity index (χ0) is 29.1. The van der Waals surface area contributed by atoms with Crippen molar-refractivity contribution in [1.29, 1.82) is 5.26 Å². The van der Waals surface area contributed by atoms with Crippen LogP contribution in [-0.4, -0.2) is 9.55 Å². The van der Waals surface area contributed by atoms with Crippen LogP contribution in [0, 0.1) is 11.3 Å². The van der Waals surface area contributed by atoms with Crippen molar-refractivity contribution in [3.05, 3.63) is 150 Å². The van der Waals surface area contributed by atoms with Crippen LogP contribution in [0.1, 0.15) is 30.5 Å². The first-order valence-electron chi connectivity index (χ1n) is 14.5. The van der Waals surface area contributed by atoms with Crippen molar-refractivity contribution < 1.29 is 0 Å². The Bertz CT molecular complexity index is 2130. The molecule has 0 radical (unpaired) electrons. The average Bonchev–Trinajstić information content (AvgIpc) is 3.39. The molecular weight excluding hydrogens is 524 g/mol. The first kappa shape index (κ1) is 25.1. The zero-order valence-electron chi connectivity index (χ0n) is 24.0. The maximum Gasteiger partial charge on any atom is 0.0991 e. The Balaban J connectivity index is 1.45. The molecule has 1 aliphatic heterocycles. The first-order chi connectivity index (χ1) is 21.0. The molecule has 0 unspecified atom stereocenters. The second-order valence-electron chi connectivity index (χ2n) is 11.7. The molecule has 3 heterocycles. The van der Waals surface area contributed by atoms with Crippen molar-refractivity contribution in [2.75, 3.05) is 4.90 Å². The average molecular weight is 553 g/mol. The van der Waals surface area contributed by atoms with Crippen molar-refractivity contribution in [2.24, 2.45) is 0 Å². The largest absolute Gasteiger partial charge is 0.310 e. The Morgan fingerprint density at radius 2 is 1.26 bits per heavy atom. The van der Waals surface area contributed by atoms with Crippen LogP contribution in [0.3, 0.4) is 0 Å². The summed E-state index contributed by atoms with van der Waals surface area (Å²) in [4.78, 5) is 6.86. The highest BCUT2D eigenvalue weighted by Gasteiger charge is 2.36. The second kappa shape index (κ2) is 9.44. The number of rotatable bonds is 3. The predicted molar refractivity (Wildman–Crippen MR) is 176 cm³/mol. The number of aromatic nitrogens is 2. The molecule has 0 aliphatic carbocycles. The van der Waals surface area contributed by atoms with Crippen LogP contribution < -0.4 is 4.90 Å². The second-order valence-corrected chi connectivity index (χ2v) is 11.7. The highest BCUT2D eigenvalue weighted by molar-refractivity contribution is 6.09. The van der Waals surface area contributed by atoms with Gasteiger partial charge in [0.2, 0.25) is 0 Å². The van der Waals surface area contributed by atoms with Gasteiger partial charge >= 0.3 is 0 Å². The minimum Gasteiger partial charge on any atom is -0.310 e. The maximum absolute atomic E-state index is 9.45. The van der Waals surface area contributed by atoms with Crippen LogP contribution in [0.25, 0.3) is 38.6 Å². The van der Waals surface area contributed by atoms with Crippen LogP contribution in [0.15, 0.2) is 134 Å². The van der Waals surface area contributed by atoms with E-state index in [1.807, 2.05) is 36.7 Å². The molecule has 43 heavy (non-hydrogen) atoms. The van der Waals surface area contributed by atoms with E-state index in [0.717, 1.165) is 38.9 Å².